The first-order valence-corrected chi connectivity index (χ1v) is 4.92. The van der Waals surface area contributed by atoms with Crippen LogP contribution in [0.5, 0.6) is 0 Å². The van der Waals surface area contributed by atoms with Gasteiger partial charge in [-0.1, -0.05) is 0 Å². The molecule has 1 rings (SSSR count). The van der Waals surface area contributed by atoms with Gasteiger partial charge in [0.2, 0.25) is 0 Å². The zero-order chi connectivity index (χ0) is 11.6. The van der Waals surface area contributed by atoms with E-state index in [9.17, 15) is 4.79 Å². The van der Waals surface area contributed by atoms with E-state index in [0.717, 1.165) is 11.5 Å². The van der Waals surface area contributed by atoms with E-state index in [1.54, 1.807) is 0 Å². The lowest BCUT2D eigenvalue weighted by molar-refractivity contribution is 0.0635. The Balaban J connectivity index is 2.63. The summed E-state index contributed by atoms with van der Waals surface area (Å²) in [5.74, 6) is 0.738. The maximum atomic E-state index is 11.4. The summed E-state index contributed by atoms with van der Waals surface area (Å²) in [6, 6.07) is 3.78. The summed E-state index contributed by atoms with van der Waals surface area (Å²) >= 11 is 0. The molecule has 0 fully saturated rings. The minimum atomic E-state index is -0.468. The van der Waals surface area contributed by atoms with Gasteiger partial charge < -0.3 is 9.30 Å². The maximum Gasteiger partial charge on any atom is 0.413 e. The predicted octanol–water partition coefficient (Wildman–Crippen LogP) is 2.68. The molecule has 0 aromatic carbocycles. The highest BCUT2D eigenvalue weighted by molar-refractivity contribution is 5.83. The van der Waals surface area contributed by atoms with Crippen LogP contribution in [-0.4, -0.2) is 16.3 Å². The smallest absolute Gasteiger partial charge is 0.413 e. The minimum absolute atomic E-state index is 0.427. The second-order valence-corrected chi connectivity index (χ2v) is 4.55. The Bertz CT molecular complexity index is 361. The molecule has 1 heterocycles. The molecule has 0 saturated heterocycles. The van der Waals surface area contributed by atoms with Gasteiger partial charge in [0.15, 0.2) is 0 Å². The van der Waals surface area contributed by atoms with Crippen LogP contribution >= 0.6 is 0 Å². The van der Waals surface area contributed by atoms with E-state index in [-0.39, 0.29) is 0 Å². The molecule has 0 aliphatic carbocycles. The van der Waals surface area contributed by atoms with Crippen molar-refractivity contribution in [3.8, 4) is 0 Å². The number of aryl methyl sites for hydroxylation is 1. The molecule has 0 aliphatic rings. The van der Waals surface area contributed by atoms with Crippen molar-refractivity contribution in [3.63, 3.8) is 0 Å². The average molecular weight is 210 g/mol. The van der Waals surface area contributed by atoms with Crippen LogP contribution in [0, 0.1) is 6.92 Å². The van der Waals surface area contributed by atoms with E-state index in [2.05, 4.69) is 5.32 Å². The molecule has 1 aromatic heterocycles. The number of anilines is 1. The van der Waals surface area contributed by atoms with Gasteiger partial charge in [-0.2, -0.15) is 0 Å². The molecule has 84 valence electrons. The van der Waals surface area contributed by atoms with Crippen molar-refractivity contribution >= 4 is 11.9 Å². The lowest BCUT2D eigenvalue weighted by atomic mass is 10.2. The molecule has 0 unspecified atom stereocenters. The number of nitrogens with one attached hydrogen (secondary N) is 1. The molecule has 4 heteroatoms. The molecular formula is C11H18N2O2. The summed E-state index contributed by atoms with van der Waals surface area (Å²) < 4.78 is 7.04. The Labute approximate surface area is 90.2 Å². The molecule has 1 amide bonds. The second kappa shape index (κ2) is 3.96. The predicted molar refractivity (Wildman–Crippen MR) is 60.0 cm³/mol. The van der Waals surface area contributed by atoms with Crippen LogP contribution in [-0.2, 0) is 11.8 Å². The van der Waals surface area contributed by atoms with Crippen molar-refractivity contribution in [2.24, 2.45) is 7.05 Å². The second-order valence-electron chi connectivity index (χ2n) is 4.55. The standard InChI is InChI=1S/C11H18N2O2/c1-8-6-7-9(13(8)5)12-10(14)15-11(2,3)4/h6-7H,1-5H3,(H,12,14). The van der Waals surface area contributed by atoms with Gasteiger partial charge in [0, 0.05) is 12.7 Å². The van der Waals surface area contributed by atoms with Crippen LogP contribution in [0.2, 0.25) is 0 Å². The molecule has 0 saturated carbocycles. The summed E-state index contributed by atoms with van der Waals surface area (Å²) in [5.41, 5.74) is 0.616. The monoisotopic (exact) mass is 210 g/mol. The molecule has 15 heavy (non-hydrogen) atoms. The maximum absolute atomic E-state index is 11.4. The van der Waals surface area contributed by atoms with E-state index >= 15 is 0 Å². The van der Waals surface area contributed by atoms with Crippen molar-refractivity contribution in [2.45, 2.75) is 33.3 Å². The Morgan fingerprint density at radius 2 is 2.00 bits per heavy atom. The zero-order valence-electron chi connectivity index (χ0n) is 9.92. The van der Waals surface area contributed by atoms with E-state index in [1.165, 1.54) is 0 Å². The quantitative estimate of drug-likeness (QED) is 0.774. The average Bonchev–Trinajstić information content (AvgIpc) is 2.32. The van der Waals surface area contributed by atoms with Crippen LogP contribution in [0.3, 0.4) is 0 Å². The number of hydrogen-bond donors (Lipinski definition) is 1. The summed E-state index contributed by atoms with van der Waals surface area (Å²) in [4.78, 5) is 11.4. The van der Waals surface area contributed by atoms with Gasteiger partial charge in [0.05, 0.1) is 0 Å². The van der Waals surface area contributed by atoms with Crippen molar-refractivity contribution in [3.05, 3.63) is 17.8 Å². The van der Waals surface area contributed by atoms with Crippen LogP contribution < -0.4 is 5.32 Å². The molecular weight excluding hydrogens is 192 g/mol. The van der Waals surface area contributed by atoms with E-state index in [0.29, 0.717) is 0 Å². The first kappa shape index (κ1) is 11.6. The largest absolute Gasteiger partial charge is 0.444 e. The number of aromatic nitrogens is 1. The summed E-state index contributed by atoms with van der Waals surface area (Å²) in [5, 5.41) is 2.69. The first-order valence-electron chi connectivity index (χ1n) is 4.92. The van der Waals surface area contributed by atoms with Crippen molar-refractivity contribution < 1.29 is 9.53 Å². The van der Waals surface area contributed by atoms with Gasteiger partial charge in [-0.3, -0.25) is 5.32 Å². The van der Waals surface area contributed by atoms with Crippen molar-refractivity contribution in [1.29, 1.82) is 0 Å². The third kappa shape index (κ3) is 3.31. The number of ether oxygens (including phenoxy) is 1. The molecule has 0 aliphatic heterocycles. The molecule has 0 atom stereocenters. The minimum Gasteiger partial charge on any atom is -0.444 e. The van der Waals surface area contributed by atoms with Gasteiger partial charge in [0.25, 0.3) is 0 Å². The number of carbonyl (C=O) groups is 1. The number of hydrogen-bond acceptors (Lipinski definition) is 2. The van der Waals surface area contributed by atoms with Crippen LogP contribution in [0.1, 0.15) is 26.5 Å². The Morgan fingerprint density at radius 1 is 1.40 bits per heavy atom. The molecule has 0 radical (unpaired) electrons. The van der Waals surface area contributed by atoms with E-state index < -0.39 is 11.7 Å². The zero-order valence-corrected chi connectivity index (χ0v) is 9.92. The fraction of sp³-hybridized carbons (Fsp3) is 0.545. The highest BCUT2D eigenvalue weighted by Crippen LogP contribution is 2.13. The van der Waals surface area contributed by atoms with E-state index in [4.69, 9.17) is 4.74 Å². The molecule has 0 spiro atoms. The van der Waals surface area contributed by atoms with Gasteiger partial charge in [-0.05, 0) is 39.8 Å². The first-order chi connectivity index (χ1) is 6.79. The topological polar surface area (TPSA) is 43.3 Å². The van der Waals surface area contributed by atoms with E-state index in [1.807, 2.05) is 51.4 Å². The van der Waals surface area contributed by atoms with Crippen LogP contribution in [0.4, 0.5) is 10.6 Å². The van der Waals surface area contributed by atoms with Crippen molar-refractivity contribution in [2.75, 3.05) is 5.32 Å². The van der Waals surface area contributed by atoms with Gasteiger partial charge in [0.1, 0.15) is 11.4 Å². The molecule has 0 bridgehead atoms. The number of rotatable bonds is 1. The van der Waals surface area contributed by atoms with Crippen LogP contribution in [0.15, 0.2) is 12.1 Å². The highest BCUT2D eigenvalue weighted by Gasteiger charge is 2.16. The van der Waals surface area contributed by atoms with Crippen molar-refractivity contribution in [1.82, 2.24) is 4.57 Å². The summed E-state index contributed by atoms with van der Waals surface area (Å²) in [6.45, 7) is 7.48. The fourth-order valence-electron chi connectivity index (χ4n) is 1.15. The Morgan fingerprint density at radius 3 is 2.40 bits per heavy atom. The lowest BCUT2D eigenvalue weighted by Gasteiger charge is -2.19. The fourth-order valence-corrected chi connectivity index (χ4v) is 1.15. The van der Waals surface area contributed by atoms with Crippen LogP contribution in [0.25, 0.3) is 0 Å². The molecule has 4 nitrogen and oxygen atoms in total. The number of carbonyl (C=O) groups excluding carboxylic acids is 1. The van der Waals surface area contributed by atoms with Gasteiger partial charge >= 0.3 is 6.09 Å². The normalized spacial score (nSPS) is 11.3. The van der Waals surface area contributed by atoms with Gasteiger partial charge in [-0.25, -0.2) is 4.79 Å². The summed E-state index contributed by atoms with van der Waals surface area (Å²) in [6.07, 6.45) is -0.427. The Kier molecular flexibility index (Phi) is 3.07. The SMILES string of the molecule is Cc1ccc(NC(=O)OC(C)(C)C)n1C. The number of amides is 1. The van der Waals surface area contributed by atoms with Gasteiger partial charge in [-0.15, -0.1) is 0 Å². The third-order valence-corrected chi connectivity index (χ3v) is 2.00. The lowest BCUT2D eigenvalue weighted by Crippen LogP contribution is -2.27. The number of nitrogens with zero attached hydrogens (tertiary/aromatic N) is 1. The third-order valence-electron chi connectivity index (χ3n) is 2.00. The molecule has 1 aromatic rings. The highest BCUT2D eigenvalue weighted by atomic mass is 16.6. The summed E-state index contributed by atoms with van der Waals surface area (Å²) in [7, 11) is 1.89. The molecule has 1 N–H and O–H groups in total. The Hall–Kier alpha value is -1.45.